The number of thioether (sulfide) groups is 1. The van der Waals surface area contributed by atoms with Crippen molar-refractivity contribution >= 4 is 45.9 Å². The van der Waals surface area contributed by atoms with Gasteiger partial charge in [0.05, 0.1) is 0 Å². The second kappa shape index (κ2) is 8.90. The van der Waals surface area contributed by atoms with E-state index in [0.29, 0.717) is 33.5 Å². The molecule has 6 nitrogen and oxygen atoms in total. The molecular formula is C24H16ClN3O3S. The minimum absolute atomic E-state index is 0.288. The Morgan fingerprint density at radius 2 is 1.88 bits per heavy atom. The zero-order valence-corrected chi connectivity index (χ0v) is 18.2. The van der Waals surface area contributed by atoms with Crippen LogP contribution in [0.1, 0.15) is 16.1 Å². The Labute approximate surface area is 192 Å². The number of para-hydroxylation sites is 1. The Bertz CT molecular complexity index is 1380. The molecule has 8 heteroatoms. The van der Waals surface area contributed by atoms with E-state index in [9.17, 15) is 4.79 Å². The van der Waals surface area contributed by atoms with Crippen LogP contribution < -0.4 is 5.32 Å². The number of fused-ring (bicyclic) bond motifs is 1. The maximum atomic E-state index is 13.2. The van der Waals surface area contributed by atoms with Gasteiger partial charge in [0.2, 0.25) is 12.3 Å². The predicted molar refractivity (Wildman–Crippen MR) is 125 cm³/mol. The number of halogens is 1. The summed E-state index contributed by atoms with van der Waals surface area (Å²) in [6, 6.07) is 22.5. The molecule has 0 aliphatic heterocycles. The van der Waals surface area contributed by atoms with Gasteiger partial charge in [0, 0.05) is 37.9 Å². The van der Waals surface area contributed by atoms with Gasteiger partial charge in [-0.2, -0.15) is 0 Å². The highest BCUT2D eigenvalue weighted by Gasteiger charge is 2.21. The Balaban J connectivity index is 1.43. The lowest BCUT2D eigenvalue weighted by Gasteiger charge is -2.07. The van der Waals surface area contributed by atoms with Gasteiger partial charge in [-0.15, -0.1) is 22.0 Å². The molecule has 32 heavy (non-hydrogen) atoms. The molecule has 3 aromatic carbocycles. The van der Waals surface area contributed by atoms with Crippen molar-refractivity contribution < 1.29 is 13.6 Å². The average Bonchev–Trinajstić information content (AvgIpc) is 3.47. The van der Waals surface area contributed by atoms with Gasteiger partial charge in [-0.25, -0.2) is 0 Å². The van der Waals surface area contributed by atoms with Gasteiger partial charge in [0.15, 0.2) is 5.76 Å². The number of amides is 1. The largest absolute Gasteiger partial charge is 0.451 e. The van der Waals surface area contributed by atoms with E-state index in [1.54, 1.807) is 23.9 Å². The maximum absolute atomic E-state index is 13.2. The number of hydrogen-bond acceptors (Lipinski definition) is 6. The molecule has 1 amide bonds. The lowest BCUT2D eigenvalue weighted by atomic mass is 10.1. The van der Waals surface area contributed by atoms with Crippen LogP contribution in [-0.2, 0) is 5.75 Å². The molecule has 0 saturated carbocycles. The summed E-state index contributed by atoms with van der Waals surface area (Å²) in [6.07, 6.45) is 1.26. The maximum Gasteiger partial charge on any atom is 0.291 e. The fourth-order valence-corrected chi connectivity index (χ4v) is 4.38. The molecule has 2 heterocycles. The molecule has 0 unspecified atom stereocenters. The van der Waals surface area contributed by atoms with Crippen molar-refractivity contribution in [1.29, 1.82) is 0 Å². The van der Waals surface area contributed by atoms with Crippen molar-refractivity contribution in [3.63, 3.8) is 0 Å². The smallest absolute Gasteiger partial charge is 0.291 e. The number of hydrogen-bond donors (Lipinski definition) is 1. The lowest BCUT2D eigenvalue weighted by Crippen LogP contribution is -2.12. The van der Waals surface area contributed by atoms with E-state index in [-0.39, 0.29) is 11.7 Å². The summed E-state index contributed by atoms with van der Waals surface area (Å²) in [4.78, 5) is 14.2. The summed E-state index contributed by atoms with van der Waals surface area (Å²) in [6.45, 7) is 0. The minimum atomic E-state index is -0.324. The predicted octanol–water partition coefficient (Wildman–Crippen LogP) is 6.68. The fraction of sp³-hybridized carbons (Fsp3) is 0.0417. The van der Waals surface area contributed by atoms with Crippen molar-refractivity contribution in [3.8, 4) is 11.5 Å². The van der Waals surface area contributed by atoms with Crippen LogP contribution in [-0.4, -0.2) is 16.1 Å². The zero-order chi connectivity index (χ0) is 21.9. The molecule has 1 N–H and O–H groups in total. The first-order chi connectivity index (χ1) is 15.7. The standard InChI is InChI=1S/C24H16ClN3O3S/c25-16-8-10-18(11-9-16)32-13-20-19-6-1-2-7-21(19)31-22(20)23(29)27-17-5-3-4-15(12-17)24-28-26-14-30-24/h1-12,14H,13H2,(H,27,29). The highest BCUT2D eigenvalue weighted by molar-refractivity contribution is 7.98. The second-order valence-corrected chi connectivity index (χ2v) is 8.41. The molecule has 5 rings (SSSR count). The summed E-state index contributed by atoms with van der Waals surface area (Å²) < 4.78 is 11.2. The third-order valence-corrected chi connectivity index (χ3v) is 6.12. The number of anilines is 1. The highest BCUT2D eigenvalue weighted by atomic mass is 35.5. The Morgan fingerprint density at radius 3 is 2.69 bits per heavy atom. The minimum Gasteiger partial charge on any atom is -0.451 e. The molecule has 0 fully saturated rings. The molecule has 0 spiro atoms. The van der Waals surface area contributed by atoms with Crippen LogP contribution in [0.4, 0.5) is 5.69 Å². The summed E-state index contributed by atoms with van der Waals surface area (Å²) in [5.41, 5.74) is 2.82. The van der Waals surface area contributed by atoms with Gasteiger partial charge in [0.25, 0.3) is 5.91 Å². The molecule has 0 radical (unpaired) electrons. The molecular weight excluding hydrogens is 446 g/mol. The van der Waals surface area contributed by atoms with Crippen molar-refractivity contribution in [2.75, 3.05) is 5.32 Å². The van der Waals surface area contributed by atoms with E-state index in [2.05, 4.69) is 15.5 Å². The second-order valence-electron chi connectivity index (χ2n) is 6.93. The van der Waals surface area contributed by atoms with Crippen LogP contribution in [0.15, 0.2) is 92.9 Å². The first kappa shape index (κ1) is 20.4. The van der Waals surface area contributed by atoms with Gasteiger partial charge in [0.1, 0.15) is 5.58 Å². The number of carbonyl (C=O) groups is 1. The molecule has 0 aliphatic carbocycles. The molecule has 0 saturated heterocycles. The number of nitrogens with one attached hydrogen (secondary N) is 1. The van der Waals surface area contributed by atoms with Crippen molar-refractivity contribution in [1.82, 2.24) is 10.2 Å². The van der Waals surface area contributed by atoms with E-state index in [0.717, 1.165) is 15.8 Å². The Morgan fingerprint density at radius 1 is 1.03 bits per heavy atom. The topological polar surface area (TPSA) is 81.2 Å². The molecule has 0 aliphatic rings. The van der Waals surface area contributed by atoms with Crippen LogP contribution in [0.25, 0.3) is 22.4 Å². The average molecular weight is 462 g/mol. The molecule has 2 aromatic heterocycles. The van der Waals surface area contributed by atoms with Crippen molar-refractivity contribution in [2.45, 2.75) is 10.6 Å². The monoisotopic (exact) mass is 461 g/mol. The van der Waals surface area contributed by atoms with Gasteiger partial charge in [-0.3, -0.25) is 4.79 Å². The first-order valence-electron chi connectivity index (χ1n) is 9.74. The SMILES string of the molecule is O=C(Nc1cccc(-c2nnco2)c1)c1oc2ccccc2c1CSc1ccc(Cl)cc1. The van der Waals surface area contributed by atoms with Crippen LogP contribution >= 0.6 is 23.4 Å². The highest BCUT2D eigenvalue weighted by Crippen LogP contribution is 2.33. The van der Waals surface area contributed by atoms with E-state index in [4.69, 9.17) is 20.4 Å². The van der Waals surface area contributed by atoms with Gasteiger partial charge in [-0.1, -0.05) is 35.9 Å². The number of benzene rings is 3. The number of furan rings is 1. The third kappa shape index (κ3) is 4.26. The lowest BCUT2D eigenvalue weighted by molar-refractivity contribution is 0.0998. The Hall–Kier alpha value is -3.55. The number of nitrogens with zero attached hydrogens (tertiary/aromatic N) is 2. The fourth-order valence-electron chi connectivity index (χ4n) is 3.33. The van der Waals surface area contributed by atoms with Crippen LogP contribution in [0, 0.1) is 0 Å². The van der Waals surface area contributed by atoms with E-state index < -0.39 is 0 Å². The number of rotatable bonds is 6. The summed E-state index contributed by atoms with van der Waals surface area (Å²) in [5.74, 6) is 0.917. The van der Waals surface area contributed by atoms with Crippen LogP contribution in [0.2, 0.25) is 5.02 Å². The van der Waals surface area contributed by atoms with Gasteiger partial charge < -0.3 is 14.2 Å². The molecule has 158 valence electrons. The van der Waals surface area contributed by atoms with Crippen molar-refractivity contribution in [3.05, 3.63) is 95.5 Å². The normalized spacial score (nSPS) is 11.0. The Kier molecular flexibility index (Phi) is 5.66. The number of aromatic nitrogens is 2. The first-order valence-corrected chi connectivity index (χ1v) is 11.1. The van der Waals surface area contributed by atoms with Gasteiger partial charge in [-0.05, 0) is 48.5 Å². The van der Waals surface area contributed by atoms with E-state index in [1.807, 2.05) is 60.7 Å². The number of carbonyl (C=O) groups excluding carboxylic acids is 1. The molecule has 0 bridgehead atoms. The van der Waals surface area contributed by atoms with Gasteiger partial charge >= 0.3 is 0 Å². The summed E-state index contributed by atoms with van der Waals surface area (Å²) in [5, 5.41) is 12.1. The van der Waals surface area contributed by atoms with E-state index >= 15 is 0 Å². The van der Waals surface area contributed by atoms with Crippen molar-refractivity contribution in [2.24, 2.45) is 0 Å². The van der Waals surface area contributed by atoms with Crippen LogP contribution in [0.3, 0.4) is 0 Å². The molecule has 5 aromatic rings. The molecule has 0 atom stereocenters. The third-order valence-electron chi connectivity index (χ3n) is 4.83. The summed E-state index contributed by atoms with van der Waals surface area (Å²) in [7, 11) is 0. The summed E-state index contributed by atoms with van der Waals surface area (Å²) >= 11 is 7.60. The van der Waals surface area contributed by atoms with E-state index in [1.165, 1.54) is 6.39 Å². The zero-order valence-electron chi connectivity index (χ0n) is 16.6. The quantitative estimate of drug-likeness (QED) is 0.284. The van der Waals surface area contributed by atoms with Crippen LogP contribution in [0.5, 0.6) is 0 Å².